The summed E-state index contributed by atoms with van der Waals surface area (Å²) >= 11 is 0. The summed E-state index contributed by atoms with van der Waals surface area (Å²) in [6, 6.07) is 18.0. The molecule has 10 heteroatoms. The largest absolute Gasteiger partial charge is 0.377 e. The Morgan fingerprint density at radius 2 is 1.58 bits per heavy atom. The molecule has 0 saturated carbocycles. The molecule has 0 spiro atoms. The van der Waals surface area contributed by atoms with Gasteiger partial charge in [0.1, 0.15) is 5.54 Å². The maximum Gasteiger partial charge on any atom is 0.252 e. The maximum atomic E-state index is 13.5. The van der Waals surface area contributed by atoms with Gasteiger partial charge in [-0.05, 0) is 62.5 Å². The Morgan fingerprint density at radius 1 is 0.921 bits per heavy atom. The van der Waals surface area contributed by atoms with Crippen LogP contribution in [0.4, 0.5) is 5.69 Å². The first-order valence-electron chi connectivity index (χ1n) is 12.7. The number of piperidine rings is 1. The molecule has 1 aliphatic rings. The zero-order valence-electron chi connectivity index (χ0n) is 22.0. The van der Waals surface area contributed by atoms with Crippen molar-refractivity contribution in [3.63, 3.8) is 0 Å². The van der Waals surface area contributed by atoms with Crippen molar-refractivity contribution >= 4 is 38.3 Å². The monoisotopic (exact) mass is 537 g/mol. The number of rotatable bonds is 9. The van der Waals surface area contributed by atoms with Crippen LogP contribution in [0.3, 0.4) is 0 Å². The summed E-state index contributed by atoms with van der Waals surface area (Å²) in [6.45, 7) is 3.16. The number of amides is 2. The minimum atomic E-state index is -3.69. The van der Waals surface area contributed by atoms with Gasteiger partial charge in [0, 0.05) is 43.8 Å². The lowest BCUT2D eigenvalue weighted by Crippen LogP contribution is -2.63. The summed E-state index contributed by atoms with van der Waals surface area (Å²) in [5.41, 5.74) is 1.37. The van der Waals surface area contributed by atoms with Crippen LogP contribution in [0.25, 0.3) is 10.8 Å². The van der Waals surface area contributed by atoms with Gasteiger partial charge in [-0.3, -0.25) is 9.59 Å². The van der Waals surface area contributed by atoms with Crippen LogP contribution in [0.5, 0.6) is 0 Å². The van der Waals surface area contributed by atoms with Gasteiger partial charge in [0.2, 0.25) is 15.9 Å². The Kier molecular flexibility index (Phi) is 8.35. The molecule has 1 saturated heterocycles. The number of aryl methyl sites for hydroxylation is 1. The van der Waals surface area contributed by atoms with Gasteiger partial charge in [-0.15, -0.1) is 0 Å². The van der Waals surface area contributed by atoms with Gasteiger partial charge < -0.3 is 20.9 Å². The third-order valence-corrected chi connectivity index (χ3v) is 8.38. The van der Waals surface area contributed by atoms with Crippen LogP contribution in [0.15, 0.2) is 65.6 Å². The number of sulfonamides is 1. The minimum absolute atomic E-state index is 0.0286. The summed E-state index contributed by atoms with van der Waals surface area (Å²) in [4.78, 5) is 29.1. The number of nitrogens with zero attached hydrogens (tertiary/aromatic N) is 1. The third kappa shape index (κ3) is 5.98. The minimum Gasteiger partial charge on any atom is -0.377 e. The highest BCUT2D eigenvalue weighted by Gasteiger charge is 2.41. The number of carbonyl (C=O) groups is 2. The van der Waals surface area contributed by atoms with E-state index in [1.54, 1.807) is 30.3 Å². The lowest BCUT2D eigenvalue weighted by atomic mass is 9.86. The van der Waals surface area contributed by atoms with E-state index >= 15 is 0 Å². The second-order valence-electron chi connectivity index (χ2n) is 9.83. The number of carbonyl (C=O) groups excluding carboxylic acids is 2. The fourth-order valence-corrected chi connectivity index (χ4v) is 5.78. The van der Waals surface area contributed by atoms with Crippen LogP contribution < -0.4 is 25.6 Å². The highest BCUT2D eigenvalue weighted by molar-refractivity contribution is 7.89. The fourth-order valence-electron chi connectivity index (χ4n) is 4.75. The summed E-state index contributed by atoms with van der Waals surface area (Å²) in [6.07, 6.45) is 0.848. The molecule has 3 aromatic carbocycles. The molecule has 2 amide bonds. The number of hydrogen-bond donors (Lipinski definition) is 4. The smallest absolute Gasteiger partial charge is 0.252 e. The maximum absolute atomic E-state index is 13.5. The van der Waals surface area contributed by atoms with Crippen molar-refractivity contribution in [3.05, 3.63) is 71.8 Å². The van der Waals surface area contributed by atoms with Crippen molar-refractivity contribution in [2.75, 3.05) is 45.2 Å². The van der Waals surface area contributed by atoms with Crippen molar-refractivity contribution in [1.29, 1.82) is 0 Å². The van der Waals surface area contributed by atoms with E-state index in [9.17, 15) is 18.0 Å². The average Bonchev–Trinajstić information content (AvgIpc) is 2.91. The first-order valence-corrected chi connectivity index (χ1v) is 14.2. The van der Waals surface area contributed by atoms with Gasteiger partial charge in [-0.25, -0.2) is 13.1 Å². The fraction of sp³-hybridized carbons (Fsp3) is 0.357. The van der Waals surface area contributed by atoms with Gasteiger partial charge in [0.25, 0.3) is 5.91 Å². The van der Waals surface area contributed by atoms with Crippen LogP contribution in [0.2, 0.25) is 0 Å². The van der Waals surface area contributed by atoms with E-state index in [0.29, 0.717) is 31.5 Å². The molecule has 1 aliphatic heterocycles. The topological polar surface area (TPSA) is 120 Å². The highest BCUT2D eigenvalue weighted by atomic mass is 32.2. The van der Waals surface area contributed by atoms with E-state index in [-0.39, 0.29) is 29.8 Å². The summed E-state index contributed by atoms with van der Waals surface area (Å²) < 4.78 is 27.6. The molecule has 0 radical (unpaired) electrons. The van der Waals surface area contributed by atoms with Gasteiger partial charge in [-0.2, -0.15) is 0 Å². The standard InChI is InChI=1S/C28H35N5O4S/c1-20-8-10-21(11-9-20)38(36,37)31-19-18-30-27(35)28(14-16-29-17-15-28)32-26(34)24-12-13-25(33(2)3)23-7-5-4-6-22(23)24/h4-13,29,31H,14-19H2,1-3H3,(H,30,35)(H,32,34). The first kappa shape index (κ1) is 27.6. The van der Waals surface area contributed by atoms with Crippen molar-refractivity contribution in [3.8, 4) is 0 Å². The molecule has 1 fully saturated rings. The summed E-state index contributed by atoms with van der Waals surface area (Å²) in [5.74, 6) is -0.639. The van der Waals surface area contributed by atoms with E-state index in [4.69, 9.17) is 0 Å². The summed E-state index contributed by atoms with van der Waals surface area (Å²) in [5, 5.41) is 10.9. The van der Waals surface area contributed by atoms with Gasteiger partial charge in [0.15, 0.2) is 0 Å². The summed E-state index contributed by atoms with van der Waals surface area (Å²) in [7, 11) is 0.225. The normalized spacial score (nSPS) is 15.1. The zero-order valence-corrected chi connectivity index (χ0v) is 22.8. The Bertz CT molecular complexity index is 1410. The van der Waals surface area contributed by atoms with Crippen molar-refractivity contribution < 1.29 is 18.0 Å². The molecule has 3 aromatic rings. The molecule has 0 aromatic heterocycles. The van der Waals surface area contributed by atoms with E-state index in [1.165, 1.54) is 0 Å². The van der Waals surface area contributed by atoms with Crippen LogP contribution in [-0.2, 0) is 14.8 Å². The first-order chi connectivity index (χ1) is 18.1. The second kappa shape index (κ2) is 11.5. The lowest BCUT2D eigenvalue weighted by molar-refractivity contribution is -0.128. The molecular formula is C28H35N5O4S. The van der Waals surface area contributed by atoms with Crippen LogP contribution in [-0.4, -0.2) is 66.0 Å². The van der Waals surface area contributed by atoms with Crippen molar-refractivity contribution in [1.82, 2.24) is 20.7 Å². The lowest BCUT2D eigenvalue weighted by Gasteiger charge is -2.37. The molecule has 0 bridgehead atoms. The predicted octanol–water partition coefficient (Wildman–Crippen LogP) is 2.16. The number of benzene rings is 3. The molecule has 0 unspecified atom stereocenters. The average molecular weight is 538 g/mol. The molecule has 4 rings (SSSR count). The SMILES string of the molecule is Cc1ccc(S(=O)(=O)NCCNC(=O)C2(NC(=O)c3ccc(N(C)C)c4ccccc34)CCNCC2)cc1. The van der Waals surface area contributed by atoms with Crippen molar-refractivity contribution in [2.45, 2.75) is 30.2 Å². The van der Waals surface area contributed by atoms with Crippen LogP contribution in [0.1, 0.15) is 28.8 Å². The number of anilines is 1. The Hall–Kier alpha value is -3.47. The van der Waals surface area contributed by atoms with E-state index in [0.717, 1.165) is 22.0 Å². The molecule has 0 aliphatic carbocycles. The van der Waals surface area contributed by atoms with Crippen LogP contribution >= 0.6 is 0 Å². The molecule has 38 heavy (non-hydrogen) atoms. The van der Waals surface area contributed by atoms with E-state index in [2.05, 4.69) is 20.7 Å². The van der Waals surface area contributed by atoms with Gasteiger partial charge in [-0.1, -0.05) is 42.0 Å². The van der Waals surface area contributed by atoms with Gasteiger partial charge >= 0.3 is 0 Å². The van der Waals surface area contributed by atoms with E-state index in [1.807, 2.05) is 56.3 Å². The quantitative estimate of drug-likeness (QED) is 0.311. The van der Waals surface area contributed by atoms with Crippen molar-refractivity contribution in [2.24, 2.45) is 0 Å². The molecule has 4 N–H and O–H groups in total. The molecule has 9 nitrogen and oxygen atoms in total. The Labute approximate surface area is 224 Å². The van der Waals surface area contributed by atoms with E-state index < -0.39 is 15.6 Å². The van der Waals surface area contributed by atoms with Gasteiger partial charge in [0.05, 0.1) is 4.90 Å². The predicted molar refractivity (Wildman–Crippen MR) is 150 cm³/mol. The Morgan fingerprint density at radius 3 is 2.24 bits per heavy atom. The zero-order chi connectivity index (χ0) is 27.3. The number of hydrogen-bond acceptors (Lipinski definition) is 6. The number of nitrogens with one attached hydrogen (secondary N) is 4. The molecule has 202 valence electrons. The molecule has 0 atom stereocenters. The second-order valence-corrected chi connectivity index (χ2v) is 11.6. The number of fused-ring (bicyclic) bond motifs is 1. The van der Waals surface area contributed by atoms with Crippen LogP contribution in [0, 0.1) is 6.92 Å². The highest BCUT2D eigenvalue weighted by Crippen LogP contribution is 2.29. The third-order valence-electron chi connectivity index (χ3n) is 6.91. The molecule has 1 heterocycles. The molecular weight excluding hydrogens is 502 g/mol. The Balaban J connectivity index is 1.46.